The van der Waals surface area contributed by atoms with Crippen LogP contribution in [-0.2, 0) is 12.8 Å². The molecule has 0 aromatic heterocycles. The van der Waals surface area contributed by atoms with Gasteiger partial charge in [-0.1, -0.05) is 0 Å². The first-order chi connectivity index (χ1) is 14.0. The standard InChI is InChI=1S/C22H25F2NO4/c23-16-3-5-18-14(11-16)1-7-20(28-18)22(27,13-25-9-10-26)21-8-2-15-12-17(24)4-6-19(15)29-21/h3-6,11-12,20-21,25-27H,1-2,7-10,13H2. The molecule has 0 bridgehead atoms. The second-order valence-corrected chi connectivity index (χ2v) is 7.69. The summed E-state index contributed by atoms with van der Waals surface area (Å²) >= 11 is 0. The second-order valence-electron chi connectivity index (χ2n) is 7.69. The molecule has 0 amide bonds. The van der Waals surface area contributed by atoms with Gasteiger partial charge in [0.1, 0.15) is 35.3 Å². The maximum absolute atomic E-state index is 13.5. The molecule has 29 heavy (non-hydrogen) atoms. The average molecular weight is 405 g/mol. The minimum absolute atomic E-state index is 0.0582. The highest BCUT2D eigenvalue weighted by atomic mass is 19.1. The number of fused-ring (bicyclic) bond motifs is 2. The quantitative estimate of drug-likeness (QED) is 0.644. The van der Waals surface area contributed by atoms with Crippen LogP contribution in [0.1, 0.15) is 24.0 Å². The van der Waals surface area contributed by atoms with E-state index in [1.54, 1.807) is 12.1 Å². The highest BCUT2D eigenvalue weighted by Gasteiger charge is 2.49. The van der Waals surface area contributed by atoms with Crippen LogP contribution in [0.15, 0.2) is 36.4 Å². The summed E-state index contributed by atoms with van der Waals surface area (Å²) in [5.41, 5.74) is 0.169. The van der Waals surface area contributed by atoms with E-state index in [1.165, 1.54) is 24.3 Å². The molecular formula is C22H25F2NO4. The Morgan fingerprint density at radius 2 is 1.45 bits per heavy atom. The predicted molar refractivity (Wildman–Crippen MR) is 103 cm³/mol. The molecule has 156 valence electrons. The Hall–Kier alpha value is -2.22. The van der Waals surface area contributed by atoms with Crippen molar-refractivity contribution < 1.29 is 28.5 Å². The first-order valence-corrected chi connectivity index (χ1v) is 9.94. The summed E-state index contributed by atoms with van der Waals surface area (Å²) in [6.45, 7) is 0.429. The molecule has 0 radical (unpaired) electrons. The first kappa shape index (κ1) is 20.1. The molecular weight excluding hydrogens is 380 g/mol. The maximum atomic E-state index is 13.5. The molecule has 2 aromatic carbocycles. The van der Waals surface area contributed by atoms with Crippen molar-refractivity contribution >= 4 is 0 Å². The Bertz CT molecular complexity index is 812. The van der Waals surface area contributed by atoms with Gasteiger partial charge in [-0.05, 0) is 73.2 Å². The SMILES string of the molecule is OCCNCC(O)(C1CCc2cc(F)ccc2O1)C1CCc2cc(F)ccc2O1. The van der Waals surface area contributed by atoms with E-state index in [4.69, 9.17) is 14.6 Å². The lowest BCUT2D eigenvalue weighted by molar-refractivity contribution is -0.136. The zero-order valence-electron chi connectivity index (χ0n) is 16.0. The van der Waals surface area contributed by atoms with E-state index in [0.29, 0.717) is 43.7 Å². The normalized spacial score (nSPS) is 22.6. The van der Waals surface area contributed by atoms with Crippen molar-refractivity contribution in [2.45, 2.75) is 43.5 Å². The van der Waals surface area contributed by atoms with Gasteiger partial charge < -0.3 is 25.0 Å². The molecule has 0 aliphatic carbocycles. The van der Waals surface area contributed by atoms with Crippen LogP contribution in [0.4, 0.5) is 8.78 Å². The fourth-order valence-electron chi connectivity index (χ4n) is 4.22. The Kier molecular flexibility index (Phi) is 5.72. The molecule has 2 heterocycles. The van der Waals surface area contributed by atoms with E-state index < -0.39 is 17.8 Å². The fourth-order valence-corrected chi connectivity index (χ4v) is 4.22. The van der Waals surface area contributed by atoms with E-state index >= 15 is 0 Å². The number of hydrogen-bond donors (Lipinski definition) is 3. The summed E-state index contributed by atoms with van der Waals surface area (Å²) in [6.07, 6.45) is 1.02. The summed E-state index contributed by atoms with van der Waals surface area (Å²) in [7, 11) is 0. The first-order valence-electron chi connectivity index (χ1n) is 9.94. The summed E-state index contributed by atoms with van der Waals surface area (Å²) in [4.78, 5) is 0. The number of halogens is 2. The van der Waals surface area contributed by atoms with Crippen LogP contribution in [-0.4, -0.2) is 47.7 Å². The number of rotatable bonds is 6. The number of aryl methyl sites for hydroxylation is 2. The summed E-state index contributed by atoms with van der Waals surface area (Å²) in [6, 6.07) is 8.75. The van der Waals surface area contributed by atoms with Crippen LogP contribution in [0.2, 0.25) is 0 Å². The topological polar surface area (TPSA) is 71.0 Å². The van der Waals surface area contributed by atoms with E-state index in [-0.39, 0.29) is 24.8 Å². The van der Waals surface area contributed by atoms with Crippen molar-refractivity contribution in [1.29, 1.82) is 0 Å². The Morgan fingerprint density at radius 3 is 1.93 bits per heavy atom. The third-order valence-corrected chi connectivity index (χ3v) is 5.75. The van der Waals surface area contributed by atoms with E-state index in [2.05, 4.69) is 5.32 Å². The molecule has 0 fully saturated rings. The van der Waals surface area contributed by atoms with Gasteiger partial charge in [0.05, 0.1) is 6.61 Å². The van der Waals surface area contributed by atoms with Gasteiger partial charge >= 0.3 is 0 Å². The molecule has 2 atom stereocenters. The lowest BCUT2D eigenvalue weighted by Crippen LogP contribution is -2.63. The Morgan fingerprint density at radius 1 is 0.931 bits per heavy atom. The third kappa shape index (κ3) is 4.08. The largest absolute Gasteiger partial charge is 0.487 e. The molecule has 2 aliphatic rings. The lowest BCUT2D eigenvalue weighted by Gasteiger charge is -2.45. The molecule has 0 spiro atoms. The van der Waals surface area contributed by atoms with Gasteiger partial charge in [-0.15, -0.1) is 0 Å². The highest BCUT2D eigenvalue weighted by molar-refractivity contribution is 5.38. The number of aliphatic hydroxyl groups is 2. The molecule has 5 nitrogen and oxygen atoms in total. The van der Waals surface area contributed by atoms with Gasteiger partial charge in [0.25, 0.3) is 0 Å². The van der Waals surface area contributed by atoms with Crippen LogP contribution in [0.25, 0.3) is 0 Å². The zero-order valence-corrected chi connectivity index (χ0v) is 16.0. The minimum atomic E-state index is -1.38. The molecule has 7 heteroatoms. The predicted octanol–water partition coefficient (Wildman–Crippen LogP) is 2.37. The maximum Gasteiger partial charge on any atom is 0.150 e. The average Bonchev–Trinajstić information content (AvgIpc) is 2.73. The van der Waals surface area contributed by atoms with Gasteiger partial charge in [-0.2, -0.15) is 0 Å². The van der Waals surface area contributed by atoms with Gasteiger partial charge in [-0.25, -0.2) is 8.78 Å². The minimum Gasteiger partial charge on any atom is -0.487 e. The number of nitrogens with one attached hydrogen (secondary N) is 1. The van der Waals surface area contributed by atoms with Crippen LogP contribution >= 0.6 is 0 Å². The lowest BCUT2D eigenvalue weighted by atomic mass is 9.81. The van der Waals surface area contributed by atoms with E-state index in [9.17, 15) is 13.9 Å². The van der Waals surface area contributed by atoms with Crippen LogP contribution in [0, 0.1) is 11.6 Å². The summed E-state index contributed by atoms with van der Waals surface area (Å²) < 4.78 is 39.2. The Labute approximate surface area is 168 Å². The van der Waals surface area contributed by atoms with E-state index in [1.807, 2.05) is 0 Å². The third-order valence-electron chi connectivity index (χ3n) is 5.75. The van der Waals surface area contributed by atoms with Crippen molar-refractivity contribution in [3.05, 3.63) is 59.2 Å². The molecule has 2 unspecified atom stereocenters. The molecule has 3 N–H and O–H groups in total. The zero-order chi connectivity index (χ0) is 20.4. The molecule has 2 aromatic rings. The highest BCUT2D eigenvalue weighted by Crippen LogP contribution is 2.38. The smallest absolute Gasteiger partial charge is 0.150 e. The van der Waals surface area contributed by atoms with Crippen molar-refractivity contribution in [1.82, 2.24) is 5.32 Å². The van der Waals surface area contributed by atoms with Crippen molar-refractivity contribution in [2.24, 2.45) is 0 Å². The number of aliphatic hydroxyl groups excluding tert-OH is 1. The molecule has 4 rings (SSSR count). The molecule has 2 aliphatic heterocycles. The van der Waals surface area contributed by atoms with Crippen LogP contribution in [0.5, 0.6) is 11.5 Å². The Balaban J connectivity index is 1.59. The van der Waals surface area contributed by atoms with Crippen molar-refractivity contribution in [3.8, 4) is 11.5 Å². The number of hydrogen-bond acceptors (Lipinski definition) is 5. The molecule has 0 saturated carbocycles. The van der Waals surface area contributed by atoms with Gasteiger partial charge in [0.15, 0.2) is 5.60 Å². The fraction of sp³-hybridized carbons (Fsp3) is 0.455. The second kappa shape index (κ2) is 8.26. The van der Waals surface area contributed by atoms with Crippen molar-refractivity contribution in [3.63, 3.8) is 0 Å². The van der Waals surface area contributed by atoms with Gasteiger partial charge in [-0.3, -0.25) is 0 Å². The number of ether oxygens (including phenoxy) is 2. The van der Waals surface area contributed by atoms with Crippen molar-refractivity contribution in [2.75, 3.05) is 19.7 Å². The molecule has 0 saturated heterocycles. The van der Waals surface area contributed by atoms with Crippen LogP contribution in [0.3, 0.4) is 0 Å². The summed E-state index contributed by atoms with van der Waals surface area (Å²) in [5, 5.41) is 23.9. The van der Waals surface area contributed by atoms with E-state index in [0.717, 1.165) is 11.1 Å². The number of benzene rings is 2. The van der Waals surface area contributed by atoms with Gasteiger partial charge in [0, 0.05) is 13.1 Å². The summed E-state index contributed by atoms with van der Waals surface area (Å²) in [5.74, 6) is 0.485. The van der Waals surface area contributed by atoms with Gasteiger partial charge in [0.2, 0.25) is 0 Å². The monoisotopic (exact) mass is 405 g/mol. The van der Waals surface area contributed by atoms with Crippen LogP contribution < -0.4 is 14.8 Å².